The van der Waals surface area contributed by atoms with Crippen LogP contribution in [0.1, 0.15) is 0 Å². The zero-order valence-electron chi connectivity index (χ0n) is 9.52. The second-order valence-corrected chi connectivity index (χ2v) is 4.00. The standard InChI is InChI=1S/C13H11N3O2/c17-13(18)15-7-8-16-10(9-15)5-6-14-11-3-1-2-4-12(11)16/h1-8H,9H2,(H,17,18). The van der Waals surface area contributed by atoms with Gasteiger partial charge in [-0.05, 0) is 18.2 Å². The van der Waals surface area contributed by atoms with Crippen LogP contribution in [0.15, 0.2) is 53.4 Å². The van der Waals surface area contributed by atoms with Crippen LogP contribution >= 0.6 is 0 Å². The number of hydrogen-bond acceptors (Lipinski definition) is 3. The van der Waals surface area contributed by atoms with E-state index in [-0.39, 0.29) is 0 Å². The Hall–Kier alpha value is -2.56. The molecule has 0 fully saturated rings. The van der Waals surface area contributed by atoms with Crippen molar-refractivity contribution in [3.8, 4) is 0 Å². The van der Waals surface area contributed by atoms with Gasteiger partial charge < -0.3 is 10.0 Å². The number of para-hydroxylation sites is 2. The Bertz CT molecular complexity index is 590. The Morgan fingerprint density at radius 1 is 1.28 bits per heavy atom. The minimum atomic E-state index is -0.957. The highest BCUT2D eigenvalue weighted by Crippen LogP contribution is 2.34. The molecule has 1 N–H and O–H groups in total. The molecule has 1 aromatic rings. The summed E-state index contributed by atoms with van der Waals surface area (Å²) in [4.78, 5) is 18.5. The molecule has 5 nitrogen and oxygen atoms in total. The first-order valence-corrected chi connectivity index (χ1v) is 5.55. The Morgan fingerprint density at radius 3 is 2.94 bits per heavy atom. The van der Waals surface area contributed by atoms with Crippen molar-refractivity contribution >= 4 is 23.7 Å². The van der Waals surface area contributed by atoms with Crippen LogP contribution < -0.4 is 4.90 Å². The maximum atomic E-state index is 11.0. The molecule has 5 heteroatoms. The average Bonchev–Trinajstić information content (AvgIpc) is 2.57. The van der Waals surface area contributed by atoms with E-state index in [4.69, 9.17) is 5.11 Å². The molecule has 0 spiro atoms. The van der Waals surface area contributed by atoms with Gasteiger partial charge in [-0.25, -0.2) is 4.79 Å². The molecule has 0 aromatic heterocycles. The molecule has 90 valence electrons. The summed E-state index contributed by atoms with van der Waals surface area (Å²) in [6, 6.07) is 7.76. The van der Waals surface area contributed by atoms with Crippen molar-refractivity contribution in [3.63, 3.8) is 0 Å². The molecule has 0 atom stereocenters. The maximum absolute atomic E-state index is 11.0. The number of amides is 1. The molecule has 0 saturated heterocycles. The van der Waals surface area contributed by atoms with Gasteiger partial charge in [0.05, 0.1) is 17.9 Å². The maximum Gasteiger partial charge on any atom is 0.411 e. The van der Waals surface area contributed by atoms with Crippen molar-refractivity contribution in [2.24, 2.45) is 4.99 Å². The van der Waals surface area contributed by atoms with Gasteiger partial charge in [0.1, 0.15) is 0 Å². The second-order valence-electron chi connectivity index (χ2n) is 4.00. The molecular weight excluding hydrogens is 230 g/mol. The number of fused-ring (bicyclic) bond motifs is 3. The Balaban J connectivity index is 2.06. The van der Waals surface area contributed by atoms with Crippen LogP contribution in [0.3, 0.4) is 0 Å². The van der Waals surface area contributed by atoms with Gasteiger partial charge in [-0.1, -0.05) is 12.1 Å². The number of nitrogens with zero attached hydrogens (tertiary/aromatic N) is 3. The minimum Gasteiger partial charge on any atom is -0.465 e. The fraction of sp³-hybridized carbons (Fsp3) is 0.0769. The Morgan fingerprint density at radius 2 is 2.11 bits per heavy atom. The Labute approximate surface area is 104 Å². The van der Waals surface area contributed by atoms with Crippen molar-refractivity contribution in [2.75, 3.05) is 11.4 Å². The van der Waals surface area contributed by atoms with Crippen molar-refractivity contribution in [2.45, 2.75) is 0 Å². The van der Waals surface area contributed by atoms with Crippen LogP contribution in [0, 0.1) is 0 Å². The Kier molecular flexibility index (Phi) is 2.37. The topological polar surface area (TPSA) is 56.1 Å². The van der Waals surface area contributed by atoms with Gasteiger partial charge in [-0.2, -0.15) is 0 Å². The number of aliphatic imine (C=N–C) groups is 1. The van der Waals surface area contributed by atoms with Gasteiger partial charge in [-0.15, -0.1) is 0 Å². The third-order valence-electron chi connectivity index (χ3n) is 2.90. The number of allylic oxidation sites excluding steroid dienone is 1. The average molecular weight is 241 g/mol. The molecule has 0 saturated carbocycles. The van der Waals surface area contributed by atoms with Crippen molar-refractivity contribution in [1.82, 2.24) is 4.90 Å². The highest BCUT2D eigenvalue weighted by atomic mass is 16.4. The summed E-state index contributed by atoms with van der Waals surface area (Å²) in [5.41, 5.74) is 2.71. The fourth-order valence-electron chi connectivity index (χ4n) is 2.03. The van der Waals surface area contributed by atoms with Gasteiger partial charge in [-0.3, -0.25) is 9.89 Å². The van der Waals surface area contributed by atoms with E-state index in [1.54, 1.807) is 18.6 Å². The molecule has 0 unspecified atom stereocenters. The van der Waals surface area contributed by atoms with Crippen LogP contribution in [0.2, 0.25) is 0 Å². The zero-order chi connectivity index (χ0) is 12.5. The largest absolute Gasteiger partial charge is 0.465 e. The monoisotopic (exact) mass is 241 g/mol. The second kappa shape index (κ2) is 4.03. The molecule has 1 aromatic carbocycles. The van der Waals surface area contributed by atoms with E-state index in [9.17, 15) is 4.79 Å². The van der Waals surface area contributed by atoms with Gasteiger partial charge in [0.2, 0.25) is 0 Å². The lowest BCUT2D eigenvalue weighted by Gasteiger charge is -2.31. The van der Waals surface area contributed by atoms with Crippen LogP contribution in [0.4, 0.5) is 16.2 Å². The summed E-state index contributed by atoms with van der Waals surface area (Å²) in [5.74, 6) is 0. The number of carboxylic acid groups (broad SMARTS) is 1. The van der Waals surface area contributed by atoms with E-state index in [0.717, 1.165) is 17.1 Å². The smallest absolute Gasteiger partial charge is 0.411 e. The molecule has 1 amide bonds. The van der Waals surface area contributed by atoms with Gasteiger partial charge in [0.15, 0.2) is 0 Å². The van der Waals surface area contributed by atoms with Crippen LogP contribution in [0.5, 0.6) is 0 Å². The number of rotatable bonds is 0. The van der Waals surface area contributed by atoms with Crippen molar-refractivity contribution < 1.29 is 9.90 Å². The lowest BCUT2D eigenvalue weighted by atomic mass is 10.2. The van der Waals surface area contributed by atoms with E-state index in [1.807, 2.05) is 35.2 Å². The SMILES string of the molecule is O=C(O)N1C=CN2C(=CC=Nc3ccccc32)C1. The summed E-state index contributed by atoms with van der Waals surface area (Å²) in [6.45, 7) is 0.326. The first-order valence-electron chi connectivity index (χ1n) is 5.55. The van der Waals surface area contributed by atoms with E-state index < -0.39 is 6.09 Å². The highest BCUT2D eigenvalue weighted by Gasteiger charge is 2.22. The van der Waals surface area contributed by atoms with E-state index in [0.29, 0.717) is 6.54 Å². The quantitative estimate of drug-likeness (QED) is 0.759. The van der Waals surface area contributed by atoms with Crippen LogP contribution in [-0.4, -0.2) is 28.9 Å². The molecule has 3 rings (SSSR count). The van der Waals surface area contributed by atoms with E-state index in [2.05, 4.69) is 4.99 Å². The lowest BCUT2D eigenvalue weighted by Crippen LogP contribution is -2.35. The molecule has 2 aliphatic heterocycles. The first-order chi connectivity index (χ1) is 8.75. The van der Waals surface area contributed by atoms with Crippen molar-refractivity contribution in [3.05, 3.63) is 48.4 Å². The highest BCUT2D eigenvalue weighted by molar-refractivity contribution is 5.85. The number of carbonyl (C=O) groups is 1. The third kappa shape index (κ3) is 1.66. The predicted octanol–water partition coefficient (Wildman–Crippen LogP) is 2.56. The summed E-state index contributed by atoms with van der Waals surface area (Å²) in [5, 5.41) is 8.99. The summed E-state index contributed by atoms with van der Waals surface area (Å²) < 4.78 is 0. The summed E-state index contributed by atoms with van der Waals surface area (Å²) in [6.07, 6.45) is 5.88. The summed E-state index contributed by atoms with van der Waals surface area (Å²) in [7, 11) is 0. The molecule has 2 aliphatic rings. The molecule has 0 bridgehead atoms. The van der Waals surface area contributed by atoms with E-state index >= 15 is 0 Å². The zero-order valence-corrected chi connectivity index (χ0v) is 9.52. The van der Waals surface area contributed by atoms with Crippen LogP contribution in [0.25, 0.3) is 0 Å². The number of benzene rings is 1. The van der Waals surface area contributed by atoms with Gasteiger partial charge in [0, 0.05) is 24.3 Å². The third-order valence-corrected chi connectivity index (χ3v) is 2.90. The molecule has 18 heavy (non-hydrogen) atoms. The first kappa shape index (κ1) is 10.6. The number of anilines is 1. The van der Waals surface area contributed by atoms with Gasteiger partial charge >= 0.3 is 6.09 Å². The predicted molar refractivity (Wildman–Crippen MR) is 69.0 cm³/mol. The van der Waals surface area contributed by atoms with Gasteiger partial charge in [0.25, 0.3) is 0 Å². The normalized spacial score (nSPS) is 16.8. The van der Waals surface area contributed by atoms with Crippen molar-refractivity contribution in [1.29, 1.82) is 0 Å². The minimum absolute atomic E-state index is 0.326. The molecular formula is C13H11N3O2. The molecule has 2 heterocycles. The van der Waals surface area contributed by atoms with Crippen LogP contribution in [-0.2, 0) is 0 Å². The molecule has 0 aliphatic carbocycles. The summed E-state index contributed by atoms with van der Waals surface area (Å²) >= 11 is 0. The number of hydrogen-bond donors (Lipinski definition) is 1. The lowest BCUT2D eigenvalue weighted by molar-refractivity contribution is 0.165. The van der Waals surface area contributed by atoms with E-state index in [1.165, 1.54) is 4.90 Å². The fourth-order valence-corrected chi connectivity index (χ4v) is 2.03. The molecule has 0 radical (unpaired) electrons.